The number of amides is 1. The van der Waals surface area contributed by atoms with Crippen LogP contribution in [0.5, 0.6) is 0 Å². The molecule has 0 bridgehead atoms. The van der Waals surface area contributed by atoms with Gasteiger partial charge in [0.2, 0.25) is 10.0 Å². The summed E-state index contributed by atoms with van der Waals surface area (Å²) in [7, 11) is 0.112. The second kappa shape index (κ2) is 9.68. The van der Waals surface area contributed by atoms with E-state index in [-0.39, 0.29) is 22.4 Å². The number of piperidine rings is 1. The molecule has 2 rings (SSSR count). The molecule has 1 heterocycles. The van der Waals surface area contributed by atoms with Gasteiger partial charge in [-0.3, -0.25) is 4.79 Å². The lowest BCUT2D eigenvalue weighted by atomic mass is 10.0. The Morgan fingerprint density at radius 1 is 1.36 bits per heavy atom. The average Bonchev–Trinajstić information content (AvgIpc) is 2.67. The molecular weight excluding hydrogens is 378 g/mol. The van der Waals surface area contributed by atoms with Crippen molar-refractivity contribution < 1.29 is 13.2 Å². The van der Waals surface area contributed by atoms with E-state index in [2.05, 4.69) is 17.3 Å². The van der Waals surface area contributed by atoms with Crippen molar-refractivity contribution in [3.63, 3.8) is 0 Å². The minimum absolute atomic E-state index is 0.0680. The lowest BCUT2D eigenvalue weighted by Gasteiger charge is -2.34. The molecule has 0 aliphatic carbocycles. The summed E-state index contributed by atoms with van der Waals surface area (Å²) in [5.74, 6) is -0.276. The molecule has 0 radical (unpaired) electrons. The second-order valence-corrected chi connectivity index (χ2v) is 8.57. The standard InChI is InChI=1S/C19H27N5O3S/c1-23-11-8-17(9-12-23)24(2)19(25)16(13-20)14-22-10-7-15-3-5-18(6-4-15)28(21,26)27/h3-6,14,17,22H,7-12H2,1-2H3,(H2,21,26,27)/b16-14-. The zero-order valence-electron chi connectivity index (χ0n) is 16.3. The van der Waals surface area contributed by atoms with Gasteiger partial charge < -0.3 is 15.1 Å². The Morgan fingerprint density at radius 2 is 1.96 bits per heavy atom. The molecule has 0 aromatic heterocycles. The first kappa shape index (κ1) is 21.9. The van der Waals surface area contributed by atoms with E-state index in [1.807, 2.05) is 6.07 Å². The highest BCUT2D eigenvalue weighted by atomic mass is 32.2. The van der Waals surface area contributed by atoms with E-state index in [0.29, 0.717) is 13.0 Å². The third-order valence-electron chi connectivity index (χ3n) is 4.96. The lowest BCUT2D eigenvalue weighted by Crippen LogP contribution is -2.45. The quantitative estimate of drug-likeness (QED) is 0.386. The van der Waals surface area contributed by atoms with Gasteiger partial charge in [0, 0.05) is 25.8 Å². The fourth-order valence-electron chi connectivity index (χ4n) is 3.12. The largest absolute Gasteiger partial charge is 0.389 e. The number of rotatable bonds is 7. The third kappa shape index (κ3) is 6.05. The summed E-state index contributed by atoms with van der Waals surface area (Å²) < 4.78 is 22.5. The molecule has 1 aliphatic rings. The molecule has 1 aromatic carbocycles. The van der Waals surface area contributed by atoms with E-state index in [9.17, 15) is 18.5 Å². The predicted molar refractivity (Wildman–Crippen MR) is 107 cm³/mol. The van der Waals surface area contributed by atoms with Crippen LogP contribution >= 0.6 is 0 Å². The summed E-state index contributed by atoms with van der Waals surface area (Å²) in [6.07, 6.45) is 3.87. The van der Waals surface area contributed by atoms with Crippen LogP contribution in [0.15, 0.2) is 40.9 Å². The zero-order chi connectivity index (χ0) is 20.7. The number of benzene rings is 1. The van der Waals surface area contributed by atoms with Crippen LogP contribution < -0.4 is 10.5 Å². The van der Waals surface area contributed by atoms with Gasteiger partial charge in [0.25, 0.3) is 5.91 Å². The molecule has 0 unspecified atom stereocenters. The summed E-state index contributed by atoms with van der Waals surface area (Å²) in [6.45, 7) is 2.39. The smallest absolute Gasteiger partial charge is 0.265 e. The first-order valence-corrected chi connectivity index (χ1v) is 10.7. The molecule has 1 aliphatic heterocycles. The Bertz CT molecular complexity index is 851. The molecular formula is C19H27N5O3S. The lowest BCUT2D eigenvalue weighted by molar-refractivity contribution is -0.128. The second-order valence-electron chi connectivity index (χ2n) is 7.01. The molecule has 1 aromatic rings. The number of carbonyl (C=O) groups is 1. The van der Waals surface area contributed by atoms with Gasteiger partial charge in [-0.25, -0.2) is 13.6 Å². The summed E-state index contributed by atoms with van der Waals surface area (Å²) in [5.41, 5.74) is 0.993. The minimum atomic E-state index is -3.70. The predicted octanol–water partition coefficient (Wildman–Crippen LogP) is 0.426. The molecule has 0 saturated carbocycles. The van der Waals surface area contributed by atoms with Crippen LogP contribution in [-0.4, -0.2) is 63.9 Å². The van der Waals surface area contributed by atoms with Gasteiger partial charge in [0.1, 0.15) is 11.6 Å². The zero-order valence-corrected chi connectivity index (χ0v) is 17.1. The van der Waals surface area contributed by atoms with E-state index in [4.69, 9.17) is 5.14 Å². The number of likely N-dealkylation sites (N-methyl/N-ethyl adjacent to an activating group) is 1. The topological polar surface area (TPSA) is 120 Å². The molecule has 1 fully saturated rings. The molecule has 28 heavy (non-hydrogen) atoms. The maximum absolute atomic E-state index is 12.6. The van der Waals surface area contributed by atoms with Crippen molar-refractivity contribution in [3.8, 4) is 6.07 Å². The van der Waals surface area contributed by atoms with Gasteiger partial charge in [0.05, 0.1) is 4.90 Å². The van der Waals surface area contributed by atoms with Crippen molar-refractivity contribution in [2.24, 2.45) is 5.14 Å². The Hall–Kier alpha value is -2.41. The van der Waals surface area contributed by atoms with Crippen LogP contribution in [0.4, 0.5) is 0 Å². The van der Waals surface area contributed by atoms with Crippen molar-refractivity contribution in [1.82, 2.24) is 15.1 Å². The van der Waals surface area contributed by atoms with E-state index in [1.54, 1.807) is 24.1 Å². The molecule has 0 spiro atoms. The number of primary sulfonamides is 1. The number of hydrogen-bond donors (Lipinski definition) is 2. The van der Waals surface area contributed by atoms with Crippen LogP contribution in [-0.2, 0) is 21.2 Å². The van der Waals surface area contributed by atoms with Gasteiger partial charge in [-0.15, -0.1) is 0 Å². The monoisotopic (exact) mass is 405 g/mol. The molecule has 3 N–H and O–H groups in total. The third-order valence-corrected chi connectivity index (χ3v) is 5.89. The summed E-state index contributed by atoms with van der Waals surface area (Å²) in [4.78, 5) is 16.5. The Balaban J connectivity index is 1.87. The van der Waals surface area contributed by atoms with E-state index in [1.165, 1.54) is 18.3 Å². The van der Waals surface area contributed by atoms with Crippen molar-refractivity contribution in [3.05, 3.63) is 41.6 Å². The highest BCUT2D eigenvalue weighted by Gasteiger charge is 2.25. The van der Waals surface area contributed by atoms with Gasteiger partial charge in [-0.1, -0.05) is 12.1 Å². The number of nitrogens with two attached hydrogens (primary N) is 1. The van der Waals surface area contributed by atoms with Crippen molar-refractivity contribution in [2.45, 2.75) is 30.2 Å². The fourth-order valence-corrected chi connectivity index (χ4v) is 3.63. The number of hydrogen-bond acceptors (Lipinski definition) is 6. The number of likely N-dealkylation sites (tertiary alicyclic amines) is 1. The first-order chi connectivity index (χ1) is 13.2. The number of sulfonamides is 1. The fraction of sp³-hybridized carbons (Fsp3) is 0.474. The van der Waals surface area contributed by atoms with Crippen LogP contribution in [0.2, 0.25) is 0 Å². The van der Waals surface area contributed by atoms with Crippen molar-refractivity contribution >= 4 is 15.9 Å². The van der Waals surface area contributed by atoms with Crippen molar-refractivity contribution in [1.29, 1.82) is 5.26 Å². The highest BCUT2D eigenvalue weighted by Crippen LogP contribution is 2.16. The van der Waals surface area contributed by atoms with Crippen LogP contribution in [0, 0.1) is 11.3 Å². The molecule has 9 heteroatoms. The Kier molecular flexibility index (Phi) is 7.57. The molecule has 1 saturated heterocycles. The molecule has 8 nitrogen and oxygen atoms in total. The minimum Gasteiger partial charge on any atom is -0.389 e. The van der Waals surface area contributed by atoms with Crippen LogP contribution in [0.25, 0.3) is 0 Å². The maximum Gasteiger partial charge on any atom is 0.265 e. The number of nitrogens with one attached hydrogen (secondary N) is 1. The summed E-state index contributed by atoms with van der Waals surface area (Å²) >= 11 is 0. The first-order valence-electron chi connectivity index (χ1n) is 9.13. The van der Waals surface area contributed by atoms with Gasteiger partial charge in [-0.05, 0) is 57.1 Å². The van der Waals surface area contributed by atoms with E-state index >= 15 is 0 Å². The Morgan fingerprint density at radius 3 is 2.50 bits per heavy atom. The van der Waals surface area contributed by atoms with Gasteiger partial charge in [-0.2, -0.15) is 5.26 Å². The van der Waals surface area contributed by atoms with Crippen LogP contribution in [0.1, 0.15) is 18.4 Å². The van der Waals surface area contributed by atoms with Gasteiger partial charge >= 0.3 is 0 Å². The maximum atomic E-state index is 12.6. The Labute approximate surface area is 166 Å². The summed E-state index contributed by atoms with van der Waals surface area (Å²) in [6, 6.07) is 8.42. The number of carbonyl (C=O) groups excluding carboxylic acids is 1. The van der Waals surface area contributed by atoms with Crippen LogP contribution in [0.3, 0.4) is 0 Å². The molecule has 1 amide bonds. The molecule has 152 valence electrons. The highest BCUT2D eigenvalue weighted by molar-refractivity contribution is 7.89. The van der Waals surface area contributed by atoms with E-state index in [0.717, 1.165) is 31.5 Å². The number of nitriles is 1. The van der Waals surface area contributed by atoms with Crippen molar-refractivity contribution in [2.75, 3.05) is 33.7 Å². The normalized spacial score (nSPS) is 16.4. The summed E-state index contributed by atoms with van der Waals surface area (Å²) in [5, 5.41) is 17.4. The van der Waals surface area contributed by atoms with Gasteiger partial charge in [0.15, 0.2) is 0 Å². The molecule has 0 atom stereocenters. The van der Waals surface area contributed by atoms with E-state index < -0.39 is 10.0 Å². The average molecular weight is 406 g/mol. The SMILES string of the molecule is CN1CCC(N(C)C(=O)/C(C#N)=C\NCCc2ccc(S(N)(=O)=O)cc2)CC1. The number of nitrogens with zero attached hydrogens (tertiary/aromatic N) is 3.